The van der Waals surface area contributed by atoms with Gasteiger partial charge in [0, 0.05) is 40.5 Å². The van der Waals surface area contributed by atoms with Crippen LogP contribution in [-0.2, 0) is 5.41 Å². The van der Waals surface area contributed by atoms with Crippen LogP contribution >= 0.6 is 0 Å². The Kier molecular flexibility index (Phi) is 7.71. The van der Waals surface area contributed by atoms with Crippen LogP contribution in [0.2, 0.25) is 0 Å². The molecule has 9 rings (SSSR count). The molecule has 0 radical (unpaired) electrons. The lowest BCUT2D eigenvalue weighted by Crippen LogP contribution is -2.23. The van der Waals surface area contributed by atoms with Gasteiger partial charge in [0.1, 0.15) is 24.0 Å². The Labute approximate surface area is 309 Å². The van der Waals surface area contributed by atoms with Crippen LogP contribution in [0.5, 0.6) is 11.5 Å². The lowest BCUT2D eigenvalue weighted by molar-refractivity contribution is 0.483. The predicted octanol–water partition coefficient (Wildman–Crippen LogP) is 12.7. The number of nitrogens with zero attached hydrogens (tertiary/aromatic N) is 5. The number of fused-ring (bicyclic) bond motifs is 4. The largest absolute Gasteiger partial charge is 0.457 e. The van der Waals surface area contributed by atoms with Crippen molar-refractivity contribution in [3.63, 3.8) is 0 Å². The molecule has 0 fully saturated rings. The molecule has 0 saturated heterocycles. The molecule has 3 heterocycles. The van der Waals surface area contributed by atoms with Crippen molar-refractivity contribution in [2.75, 3.05) is 16.5 Å². The maximum absolute atomic E-state index is 7.84. The standard InChI is InChI=1S/C47H37N5O/c1-47(2,3)34-23-24-49-46(27-34)52-42-18-9-8-17-40(42)41-22-21-39(30-45(41)52)53-38-16-12-15-36(29-38)50-31-51(44-20-11-10-19-43(44)50)37-26-33(25-35(28-37)48-4)32-13-6-5-7-14-32/h5-30H,31H2,1-3H3. The Balaban J connectivity index is 1.07. The van der Waals surface area contributed by atoms with Crippen LogP contribution in [0.15, 0.2) is 158 Å². The zero-order valence-corrected chi connectivity index (χ0v) is 29.9. The van der Waals surface area contributed by atoms with Crippen molar-refractivity contribution in [1.29, 1.82) is 0 Å². The van der Waals surface area contributed by atoms with Crippen molar-refractivity contribution in [2.24, 2.45) is 0 Å². The number of hydrogen-bond donors (Lipinski definition) is 0. The van der Waals surface area contributed by atoms with Crippen LogP contribution in [-0.4, -0.2) is 16.2 Å². The van der Waals surface area contributed by atoms with E-state index in [0.29, 0.717) is 12.4 Å². The van der Waals surface area contributed by atoms with Gasteiger partial charge in [0.15, 0.2) is 5.69 Å². The van der Waals surface area contributed by atoms with Crippen LogP contribution in [0, 0.1) is 6.57 Å². The van der Waals surface area contributed by atoms with Crippen molar-refractivity contribution in [2.45, 2.75) is 26.2 Å². The number of rotatable bonds is 6. The summed E-state index contributed by atoms with van der Waals surface area (Å²) in [5.41, 5.74) is 10.3. The number of anilines is 4. The van der Waals surface area contributed by atoms with Crippen molar-refractivity contribution in [1.82, 2.24) is 9.55 Å². The molecule has 6 heteroatoms. The van der Waals surface area contributed by atoms with Crippen LogP contribution in [0.3, 0.4) is 0 Å². The molecule has 1 aliphatic rings. The fourth-order valence-electron chi connectivity index (χ4n) is 7.39. The highest BCUT2D eigenvalue weighted by Crippen LogP contribution is 2.46. The molecule has 0 atom stereocenters. The van der Waals surface area contributed by atoms with E-state index in [1.165, 1.54) is 10.9 Å². The average molecular weight is 688 g/mol. The summed E-state index contributed by atoms with van der Waals surface area (Å²) in [7, 11) is 0. The maximum Gasteiger partial charge on any atom is 0.189 e. The van der Waals surface area contributed by atoms with E-state index in [2.05, 4.69) is 143 Å². The van der Waals surface area contributed by atoms with E-state index >= 15 is 0 Å². The van der Waals surface area contributed by atoms with E-state index in [9.17, 15) is 0 Å². The highest BCUT2D eigenvalue weighted by atomic mass is 16.5. The van der Waals surface area contributed by atoms with Crippen molar-refractivity contribution in [3.05, 3.63) is 175 Å². The number of hydrogen-bond acceptors (Lipinski definition) is 4. The lowest BCUT2D eigenvalue weighted by Gasteiger charge is -2.23. The fourth-order valence-corrected chi connectivity index (χ4v) is 7.39. The molecule has 53 heavy (non-hydrogen) atoms. The number of pyridine rings is 1. The van der Waals surface area contributed by atoms with Gasteiger partial charge in [-0.25, -0.2) is 9.83 Å². The van der Waals surface area contributed by atoms with Crippen LogP contribution in [0.4, 0.5) is 28.4 Å². The van der Waals surface area contributed by atoms with Gasteiger partial charge in [-0.2, -0.15) is 0 Å². The third-order valence-corrected chi connectivity index (χ3v) is 10.0. The van der Waals surface area contributed by atoms with Gasteiger partial charge in [0.25, 0.3) is 0 Å². The summed E-state index contributed by atoms with van der Waals surface area (Å²) in [5, 5.41) is 2.32. The normalized spacial score (nSPS) is 12.6. The topological polar surface area (TPSA) is 37.9 Å². The average Bonchev–Trinajstić information content (AvgIpc) is 3.74. The number of aromatic nitrogens is 2. The molecular weight excluding hydrogens is 651 g/mol. The second kappa shape index (κ2) is 12.7. The Morgan fingerprint density at radius 3 is 2.11 bits per heavy atom. The molecule has 2 aromatic heterocycles. The molecule has 0 spiro atoms. The first kappa shape index (κ1) is 32.1. The first-order chi connectivity index (χ1) is 25.8. The van der Waals surface area contributed by atoms with E-state index in [-0.39, 0.29) is 5.41 Å². The van der Waals surface area contributed by atoms with E-state index in [0.717, 1.165) is 67.6 Å². The number of ether oxygens (including phenoxy) is 1. The second-order valence-electron chi connectivity index (χ2n) is 14.5. The van der Waals surface area contributed by atoms with Gasteiger partial charge in [-0.1, -0.05) is 87.5 Å². The minimum absolute atomic E-state index is 0.00444. The Hall–Kier alpha value is -6.84. The number of benzene rings is 6. The summed E-state index contributed by atoms with van der Waals surface area (Å²) in [6, 6.07) is 52.1. The molecule has 0 unspecified atom stereocenters. The monoisotopic (exact) mass is 687 g/mol. The smallest absolute Gasteiger partial charge is 0.189 e. The van der Waals surface area contributed by atoms with E-state index in [4.69, 9.17) is 16.3 Å². The highest BCUT2D eigenvalue weighted by molar-refractivity contribution is 6.09. The molecule has 0 saturated carbocycles. The van der Waals surface area contributed by atoms with Gasteiger partial charge in [-0.15, -0.1) is 0 Å². The SMILES string of the molecule is [C-]#[N+]c1cc(-c2ccccc2)cc(N2CN(c3cccc(Oc4ccc5c6ccccc6n(-c6cc(C(C)(C)C)ccn6)c5c4)c3)c3ccccc32)c1. The summed E-state index contributed by atoms with van der Waals surface area (Å²) in [5.74, 6) is 2.38. The Morgan fingerprint density at radius 1 is 0.604 bits per heavy atom. The first-order valence-corrected chi connectivity index (χ1v) is 17.8. The third kappa shape index (κ3) is 5.83. The molecule has 8 aromatic rings. The van der Waals surface area contributed by atoms with Crippen LogP contribution < -0.4 is 14.5 Å². The van der Waals surface area contributed by atoms with Gasteiger partial charge in [0.2, 0.25) is 0 Å². The van der Waals surface area contributed by atoms with Crippen molar-refractivity contribution >= 4 is 50.2 Å². The fraction of sp³-hybridized carbons (Fsp3) is 0.106. The lowest BCUT2D eigenvalue weighted by atomic mass is 9.88. The second-order valence-corrected chi connectivity index (χ2v) is 14.5. The zero-order chi connectivity index (χ0) is 36.1. The minimum atomic E-state index is -0.00444. The van der Waals surface area contributed by atoms with Crippen LogP contribution in [0.1, 0.15) is 26.3 Å². The predicted molar refractivity (Wildman–Crippen MR) is 218 cm³/mol. The van der Waals surface area contributed by atoms with E-state index in [1.54, 1.807) is 0 Å². The van der Waals surface area contributed by atoms with Gasteiger partial charge in [-0.05, 0) is 94.9 Å². The van der Waals surface area contributed by atoms with E-state index < -0.39 is 0 Å². The molecule has 0 bridgehead atoms. The van der Waals surface area contributed by atoms with Crippen molar-refractivity contribution in [3.8, 4) is 28.4 Å². The van der Waals surface area contributed by atoms with Gasteiger partial charge < -0.3 is 14.5 Å². The molecule has 6 nitrogen and oxygen atoms in total. The third-order valence-electron chi connectivity index (χ3n) is 10.0. The maximum atomic E-state index is 7.84. The molecular formula is C47H37N5O. The summed E-state index contributed by atoms with van der Waals surface area (Å²) in [6.07, 6.45) is 1.91. The molecule has 0 aliphatic carbocycles. The Bertz CT molecular complexity index is 2700. The number of para-hydroxylation sites is 3. The van der Waals surface area contributed by atoms with Gasteiger partial charge in [-0.3, -0.25) is 4.57 Å². The minimum Gasteiger partial charge on any atom is -0.457 e. The highest BCUT2D eigenvalue weighted by Gasteiger charge is 2.28. The van der Waals surface area contributed by atoms with Gasteiger partial charge in [0.05, 0.1) is 29.0 Å². The summed E-state index contributed by atoms with van der Waals surface area (Å²) in [6.45, 7) is 15.1. The molecule has 256 valence electrons. The quantitative estimate of drug-likeness (QED) is 0.163. The van der Waals surface area contributed by atoms with Crippen molar-refractivity contribution < 1.29 is 4.74 Å². The Morgan fingerprint density at radius 2 is 1.32 bits per heavy atom. The zero-order valence-electron chi connectivity index (χ0n) is 29.9. The van der Waals surface area contributed by atoms with E-state index in [1.807, 2.05) is 54.7 Å². The summed E-state index contributed by atoms with van der Waals surface area (Å²) >= 11 is 0. The summed E-state index contributed by atoms with van der Waals surface area (Å²) < 4.78 is 8.88. The molecule has 6 aromatic carbocycles. The molecule has 0 amide bonds. The van der Waals surface area contributed by atoms with Crippen LogP contribution in [0.25, 0.3) is 43.6 Å². The van der Waals surface area contributed by atoms with Gasteiger partial charge >= 0.3 is 0 Å². The molecule has 1 aliphatic heterocycles. The first-order valence-electron chi connectivity index (χ1n) is 17.8. The molecule has 0 N–H and O–H groups in total. The summed E-state index contributed by atoms with van der Waals surface area (Å²) in [4.78, 5) is 13.2.